The van der Waals surface area contributed by atoms with E-state index >= 15 is 0 Å². The predicted octanol–water partition coefficient (Wildman–Crippen LogP) is 5.51. The number of rotatable bonds is 7. The number of esters is 1. The van der Waals surface area contributed by atoms with E-state index in [1.165, 1.54) is 20.3 Å². The summed E-state index contributed by atoms with van der Waals surface area (Å²) in [5.41, 5.74) is 0.887. The topological polar surface area (TPSA) is 94.2 Å². The number of benzene rings is 4. The fourth-order valence-corrected chi connectivity index (χ4v) is 4.24. The SMILES string of the molecule is COc1ccc(N2C(=O)C(Cl)=C(Nc3ccc(C(=O)Oc4ccc5ccccc5c4)cc3)C2=O)c(OC)c1. The summed E-state index contributed by atoms with van der Waals surface area (Å²) in [6.45, 7) is 0. The molecule has 1 aliphatic rings. The third-order valence-electron chi connectivity index (χ3n) is 5.98. The normalized spacial score (nSPS) is 13.2. The highest BCUT2D eigenvalue weighted by Crippen LogP contribution is 2.37. The Morgan fingerprint density at radius 1 is 0.789 bits per heavy atom. The number of nitrogens with zero attached hydrogens (tertiary/aromatic N) is 1. The molecule has 0 fully saturated rings. The number of carbonyl (C=O) groups excluding carboxylic acids is 3. The van der Waals surface area contributed by atoms with E-state index in [0.29, 0.717) is 22.7 Å². The number of hydrogen-bond acceptors (Lipinski definition) is 7. The molecule has 0 saturated carbocycles. The Labute approximate surface area is 223 Å². The maximum absolute atomic E-state index is 13.2. The number of nitrogens with one attached hydrogen (secondary N) is 1. The molecule has 190 valence electrons. The molecule has 0 atom stereocenters. The third kappa shape index (κ3) is 4.65. The van der Waals surface area contributed by atoms with Crippen LogP contribution in [0.25, 0.3) is 10.8 Å². The molecule has 0 aromatic heterocycles. The Morgan fingerprint density at radius 3 is 2.21 bits per heavy atom. The molecule has 4 aromatic carbocycles. The van der Waals surface area contributed by atoms with Gasteiger partial charge in [0.1, 0.15) is 28.0 Å². The Balaban J connectivity index is 1.31. The highest BCUT2D eigenvalue weighted by molar-refractivity contribution is 6.53. The van der Waals surface area contributed by atoms with Crippen LogP contribution in [-0.2, 0) is 9.59 Å². The first-order valence-corrected chi connectivity index (χ1v) is 11.9. The summed E-state index contributed by atoms with van der Waals surface area (Å²) in [4.78, 5) is 39.6. The summed E-state index contributed by atoms with van der Waals surface area (Å²) in [6.07, 6.45) is 0. The minimum atomic E-state index is -0.696. The van der Waals surface area contributed by atoms with Gasteiger partial charge >= 0.3 is 5.97 Å². The molecule has 0 spiro atoms. The first kappa shape index (κ1) is 24.9. The first-order chi connectivity index (χ1) is 18.4. The van der Waals surface area contributed by atoms with Crippen LogP contribution in [0.1, 0.15) is 10.4 Å². The van der Waals surface area contributed by atoms with E-state index in [2.05, 4.69) is 5.32 Å². The van der Waals surface area contributed by atoms with Gasteiger partial charge in [0.15, 0.2) is 0 Å². The Hall–Kier alpha value is -4.82. The number of hydrogen-bond donors (Lipinski definition) is 1. The van der Waals surface area contributed by atoms with Gasteiger partial charge in [-0.3, -0.25) is 9.59 Å². The molecule has 0 saturated heterocycles. The lowest BCUT2D eigenvalue weighted by atomic mass is 10.1. The van der Waals surface area contributed by atoms with E-state index in [-0.39, 0.29) is 22.2 Å². The molecule has 1 aliphatic heterocycles. The molecule has 2 amide bonds. The van der Waals surface area contributed by atoms with Crippen molar-refractivity contribution in [3.05, 3.63) is 101 Å². The van der Waals surface area contributed by atoms with E-state index in [4.69, 9.17) is 25.8 Å². The van der Waals surface area contributed by atoms with Gasteiger partial charge < -0.3 is 19.5 Å². The average molecular weight is 529 g/mol. The molecule has 4 aromatic rings. The summed E-state index contributed by atoms with van der Waals surface area (Å²) in [5.74, 6) is -0.681. The summed E-state index contributed by atoms with van der Waals surface area (Å²) in [5, 5.41) is 4.61. The molecule has 38 heavy (non-hydrogen) atoms. The van der Waals surface area contributed by atoms with Crippen LogP contribution < -0.4 is 24.4 Å². The smallest absolute Gasteiger partial charge is 0.343 e. The van der Waals surface area contributed by atoms with Crippen LogP contribution in [-0.4, -0.2) is 32.0 Å². The van der Waals surface area contributed by atoms with Crippen LogP contribution in [0.5, 0.6) is 17.2 Å². The monoisotopic (exact) mass is 528 g/mol. The third-order valence-corrected chi connectivity index (χ3v) is 6.33. The van der Waals surface area contributed by atoms with Crippen molar-refractivity contribution in [1.82, 2.24) is 0 Å². The average Bonchev–Trinajstić information content (AvgIpc) is 3.15. The van der Waals surface area contributed by atoms with E-state index < -0.39 is 17.8 Å². The Kier molecular flexibility index (Phi) is 6.72. The van der Waals surface area contributed by atoms with Crippen LogP contribution in [0, 0.1) is 0 Å². The number of halogens is 1. The van der Waals surface area contributed by atoms with Gasteiger partial charge in [-0.1, -0.05) is 41.9 Å². The van der Waals surface area contributed by atoms with Crippen molar-refractivity contribution in [2.75, 3.05) is 24.4 Å². The highest BCUT2D eigenvalue weighted by atomic mass is 35.5. The molecule has 8 nitrogen and oxygen atoms in total. The second kappa shape index (κ2) is 10.3. The second-order valence-electron chi connectivity index (χ2n) is 8.27. The molecule has 0 aliphatic carbocycles. The minimum absolute atomic E-state index is 0.0963. The molecule has 0 radical (unpaired) electrons. The van der Waals surface area contributed by atoms with Crippen LogP contribution in [0.3, 0.4) is 0 Å². The zero-order valence-corrected chi connectivity index (χ0v) is 21.1. The van der Waals surface area contributed by atoms with E-state index in [0.717, 1.165) is 15.7 Å². The van der Waals surface area contributed by atoms with Crippen molar-refractivity contribution in [2.24, 2.45) is 0 Å². The zero-order valence-electron chi connectivity index (χ0n) is 20.4. The highest BCUT2D eigenvalue weighted by Gasteiger charge is 2.40. The van der Waals surface area contributed by atoms with E-state index in [1.807, 2.05) is 30.3 Å². The summed E-state index contributed by atoms with van der Waals surface area (Å²) in [6, 6.07) is 24.1. The van der Waals surface area contributed by atoms with Crippen molar-refractivity contribution in [3.8, 4) is 17.2 Å². The van der Waals surface area contributed by atoms with Crippen molar-refractivity contribution in [2.45, 2.75) is 0 Å². The largest absolute Gasteiger partial charge is 0.497 e. The first-order valence-electron chi connectivity index (χ1n) is 11.5. The Morgan fingerprint density at radius 2 is 1.50 bits per heavy atom. The van der Waals surface area contributed by atoms with Crippen molar-refractivity contribution in [1.29, 1.82) is 0 Å². The molecule has 0 unspecified atom stereocenters. The maximum Gasteiger partial charge on any atom is 0.343 e. The Bertz CT molecular complexity index is 1610. The van der Waals surface area contributed by atoms with Gasteiger partial charge in [-0.15, -0.1) is 0 Å². The summed E-state index contributed by atoms with van der Waals surface area (Å²) < 4.78 is 16.0. The summed E-state index contributed by atoms with van der Waals surface area (Å²) >= 11 is 6.25. The van der Waals surface area contributed by atoms with Crippen LogP contribution in [0.15, 0.2) is 95.7 Å². The lowest BCUT2D eigenvalue weighted by Gasteiger charge is -2.18. The van der Waals surface area contributed by atoms with Gasteiger partial charge in [-0.25, -0.2) is 9.69 Å². The van der Waals surface area contributed by atoms with Crippen LogP contribution in [0.2, 0.25) is 0 Å². The lowest BCUT2D eigenvalue weighted by molar-refractivity contribution is -0.120. The second-order valence-corrected chi connectivity index (χ2v) is 8.65. The van der Waals surface area contributed by atoms with Gasteiger partial charge in [-0.05, 0) is 59.3 Å². The molecule has 1 heterocycles. The molecular formula is C29H21ClN2O6. The van der Waals surface area contributed by atoms with E-state index in [1.54, 1.807) is 48.5 Å². The number of methoxy groups -OCH3 is 2. The van der Waals surface area contributed by atoms with Crippen molar-refractivity contribution < 1.29 is 28.6 Å². The number of ether oxygens (including phenoxy) is 3. The van der Waals surface area contributed by atoms with Crippen molar-refractivity contribution in [3.63, 3.8) is 0 Å². The van der Waals surface area contributed by atoms with Crippen molar-refractivity contribution >= 4 is 51.5 Å². The molecule has 0 bridgehead atoms. The number of amides is 2. The molecular weight excluding hydrogens is 508 g/mol. The maximum atomic E-state index is 13.2. The van der Waals surface area contributed by atoms with Gasteiger partial charge in [0.05, 0.1) is 25.5 Å². The number of carbonyl (C=O) groups is 3. The number of anilines is 2. The molecule has 5 rings (SSSR count). The van der Waals surface area contributed by atoms with Gasteiger partial charge in [0.2, 0.25) is 0 Å². The van der Waals surface area contributed by atoms with E-state index in [9.17, 15) is 14.4 Å². The predicted molar refractivity (Wildman–Crippen MR) is 144 cm³/mol. The molecule has 9 heteroatoms. The molecule has 1 N–H and O–H groups in total. The van der Waals surface area contributed by atoms with Gasteiger partial charge in [0, 0.05) is 11.8 Å². The standard InChI is InChI=1S/C29H21ClN2O6/c1-36-21-13-14-23(24(16-21)37-2)32-27(33)25(30)26(28(32)34)31-20-10-7-18(8-11-20)29(35)38-22-12-9-17-5-3-4-6-19(17)15-22/h3-16,31H,1-2H3. The fourth-order valence-electron chi connectivity index (χ4n) is 4.03. The van der Waals surface area contributed by atoms with Crippen LogP contribution in [0.4, 0.5) is 11.4 Å². The van der Waals surface area contributed by atoms with Crippen LogP contribution >= 0.6 is 11.6 Å². The zero-order chi connectivity index (χ0) is 26.8. The number of fused-ring (bicyclic) bond motifs is 1. The fraction of sp³-hybridized carbons (Fsp3) is 0.0690. The quantitative estimate of drug-likeness (QED) is 0.192. The number of imide groups is 1. The van der Waals surface area contributed by atoms with Gasteiger partial charge in [0.25, 0.3) is 11.8 Å². The summed E-state index contributed by atoms with van der Waals surface area (Å²) in [7, 11) is 2.92. The lowest BCUT2D eigenvalue weighted by Crippen LogP contribution is -2.32. The van der Waals surface area contributed by atoms with Gasteiger partial charge in [-0.2, -0.15) is 0 Å². The minimum Gasteiger partial charge on any atom is -0.497 e.